The summed E-state index contributed by atoms with van der Waals surface area (Å²) in [7, 11) is 0. The van der Waals surface area contributed by atoms with Gasteiger partial charge in [-0.05, 0) is 12.5 Å². The van der Waals surface area contributed by atoms with Gasteiger partial charge >= 0.3 is 0 Å². The van der Waals surface area contributed by atoms with E-state index in [-0.39, 0.29) is 23.9 Å². The van der Waals surface area contributed by atoms with Crippen LogP contribution in [0.1, 0.15) is 11.1 Å². The minimum atomic E-state index is -0.508. The van der Waals surface area contributed by atoms with Crippen LogP contribution in [0.15, 0.2) is 18.2 Å². The zero-order valence-corrected chi connectivity index (χ0v) is 8.30. The van der Waals surface area contributed by atoms with Crippen LogP contribution in [-0.2, 0) is 0 Å². The molecule has 0 spiro atoms. The third kappa shape index (κ3) is 2.43. The maximum absolute atomic E-state index is 10.4. The van der Waals surface area contributed by atoms with E-state index in [4.69, 9.17) is 11.1 Å². The van der Waals surface area contributed by atoms with Gasteiger partial charge < -0.3 is 5.73 Å². The molecule has 0 atom stereocenters. The second-order valence-corrected chi connectivity index (χ2v) is 2.67. The molecule has 0 aromatic heterocycles. The number of rotatable bonds is 2. The number of nitrogen functional groups attached to an aromatic ring is 1. The van der Waals surface area contributed by atoms with Gasteiger partial charge in [-0.3, -0.25) is 15.5 Å². The van der Waals surface area contributed by atoms with Crippen LogP contribution in [0.3, 0.4) is 0 Å². The van der Waals surface area contributed by atoms with Crippen LogP contribution in [0, 0.1) is 22.4 Å². The van der Waals surface area contributed by atoms with Gasteiger partial charge in [0.05, 0.1) is 4.92 Å². The predicted molar refractivity (Wildman–Crippen MR) is 56.1 cm³/mol. The molecule has 14 heavy (non-hydrogen) atoms. The number of nitrogens with two attached hydrogens (primary N) is 1. The van der Waals surface area contributed by atoms with Crippen molar-refractivity contribution in [2.24, 2.45) is 5.73 Å². The maximum Gasteiger partial charge on any atom is 0.270 e. The van der Waals surface area contributed by atoms with Crippen LogP contribution in [0.2, 0.25) is 0 Å². The van der Waals surface area contributed by atoms with E-state index >= 15 is 0 Å². The Kier molecular flexibility index (Phi) is 4.04. The first kappa shape index (κ1) is 12.4. The van der Waals surface area contributed by atoms with Crippen molar-refractivity contribution in [3.63, 3.8) is 0 Å². The second-order valence-electron chi connectivity index (χ2n) is 2.67. The van der Waals surface area contributed by atoms with Crippen LogP contribution < -0.4 is 5.73 Å². The monoisotopic (exact) mass is 215 g/mol. The van der Waals surface area contributed by atoms with Gasteiger partial charge in [0.2, 0.25) is 0 Å². The van der Waals surface area contributed by atoms with Crippen LogP contribution in [-0.4, -0.2) is 10.8 Å². The first-order valence-corrected chi connectivity index (χ1v) is 3.62. The van der Waals surface area contributed by atoms with E-state index in [9.17, 15) is 10.1 Å². The van der Waals surface area contributed by atoms with Crippen molar-refractivity contribution in [1.29, 1.82) is 5.41 Å². The molecule has 1 aromatic carbocycles. The van der Waals surface area contributed by atoms with Crippen molar-refractivity contribution >= 4 is 23.9 Å². The SMILES string of the molecule is Cc1ccc([N+](=O)[O-])cc1C(=N)N.Cl. The number of aryl methyl sites for hydroxylation is 1. The number of hydrogen-bond acceptors (Lipinski definition) is 3. The number of hydrogen-bond donors (Lipinski definition) is 2. The summed E-state index contributed by atoms with van der Waals surface area (Å²) in [5, 5.41) is 17.6. The molecule has 0 unspecified atom stereocenters. The highest BCUT2D eigenvalue weighted by atomic mass is 35.5. The topological polar surface area (TPSA) is 93.0 Å². The molecule has 0 saturated carbocycles. The van der Waals surface area contributed by atoms with Crippen molar-refractivity contribution in [3.8, 4) is 0 Å². The molecule has 1 aromatic rings. The highest BCUT2D eigenvalue weighted by Gasteiger charge is 2.09. The van der Waals surface area contributed by atoms with E-state index in [1.54, 1.807) is 13.0 Å². The van der Waals surface area contributed by atoms with E-state index in [0.717, 1.165) is 5.56 Å². The molecule has 0 amide bonds. The van der Waals surface area contributed by atoms with Crippen LogP contribution >= 0.6 is 12.4 Å². The van der Waals surface area contributed by atoms with E-state index < -0.39 is 4.92 Å². The molecule has 6 heteroatoms. The van der Waals surface area contributed by atoms with E-state index in [1.807, 2.05) is 0 Å². The zero-order valence-electron chi connectivity index (χ0n) is 7.48. The lowest BCUT2D eigenvalue weighted by molar-refractivity contribution is -0.384. The Labute approximate surface area is 87.0 Å². The standard InChI is InChI=1S/C8H9N3O2.ClH/c1-5-2-3-6(11(12)13)4-7(5)8(9)10;/h2-4H,1H3,(H3,9,10);1H. The number of nitrogens with zero attached hydrogens (tertiary/aromatic N) is 1. The Morgan fingerprint density at radius 2 is 2.14 bits per heavy atom. The lowest BCUT2D eigenvalue weighted by Crippen LogP contribution is -2.12. The fraction of sp³-hybridized carbons (Fsp3) is 0.125. The lowest BCUT2D eigenvalue weighted by Gasteiger charge is -2.02. The molecule has 76 valence electrons. The number of nitrogens with one attached hydrogen (secondary N) is 1. The quantitative estimate of drug-likeness (QED) is 0.340. The summed E-state index contributed by atoms with van der Waals surface area (Å²) in [5.74, 6) is -0.152. The predicted octanol–water partition coefficient (Wildman–Crippen LogP) is 1.61. The minimum absolute atomic E-state index is 0. The summed E-state index contributed by atoms with van der Waals surface area (Å²) < 4.78 is 0. The number of nitro benzene ring substituents is 1. The zero-order chi connectivity index (χ0) is 10.0. The number of amidine groups is 1. The number of halogens is 1. The summed E-state index contributed by atoms with van der Waals surface area (Å²) in [6.45, 7) is 1.75. The number of nitro groups is 1. The Morgan fingerprint density at radius 1 is 1.57 bits per heavy atom. The molecule has 0 saturated heterocycles. The van der Waals surface area contributed by atoms with Crippen molar-refractivity contribution in [3.05, 3.63) is 39.4 Å². The lowest BCUT2D eigenvalue weighted by atomic mass is 10.1. The Balaban J connectivity index is 0.00000169. The molecular weight excluding hydrogens is 206 g/mol. The second kappa shape index (κ2) is 4.57. The molecule has 0 aliphatic heterocycles. The average Bonchev–Trinajstić information content (AvgIpc) is 2.04. The molecular formula is C8H10ClN3O2. The smallest absolute Gasteiger partial charge is 0.270 e. The molecule has 5 nitrogen and oxygen atoms in total. The van der Waals surface area contributed by atoms with Crippen LogP contribution in [0.25, 0.3) is 0 Å². The molecule has 0 bridgehead atoms. The number of non-ortho nitro benzene ring substituents is 1. The van der Waals surface area contributed by atoms with Gasteiger partial charge in [0, 0.05) is 17.7 Å². The third-order valence-electron chi connectivity index (χ3n) is 1.72. The maximum atomic E-state index is 10.4. The van der Waals surface area contributed by atoms with E-state index in [0.29, 0.717) is 5.56 Å². The first-order valence-electron chi connectivity index (χ1n) is 3.62. The summed E-state index contributed by atoms with van der Waals surface area (Å²) in [6.07, 6.45) is 0. The van der Waals surface area contributed by atoms with E-state index in [1.165, 1.54) is 12.1 Å². The largest absolute Gasteiger partial charge is 0.384 e. The van der Waals surface area contributed by atoms with Crippen molar-refractivity contribution in [2.45, 2.75) is 6.92 Å². The van der Waals surface area contributed by atoms with Crippen molar-refractivity contribution < 1.29 is 4.92 Å². The Hall–Kier alpha value is -1.62. The summed E-state index contributed by atoms with van der Waals surface area (Å²) in [5.41, 5.74) is 6.37. The van der Waals surface area contributed by atoms with E-state index in [2.05, 4.69) is 0 Å². The molecule has 0 aliphatic rings. The van der Waals surface area contributed by atoms with Gasteiger partial charge in [0.1, 0.15) is 5.84 Å². The first-order chi connectivity index (χ1) is 6.02. The normalized spacial score (nSPS) is 8.93. The van der Waals surface area contributed by atoms with Gasteiger partial charge in [-0.15, -0.1) is 12.4 Å². The third-order valence-corrected chi connectivity index (χ3v) is 1.72. The fourth-order valence-corrected chi connectivity index (χ4v) is 1.01. The van der Waals surface area contributed by atoms with Gasteiger partial charge in [-0.2, -0.15) is 0 Å². The van der Waals surface area contributed by atoms with Gasteiger partial charge in [0.15, 0.2) is 0 Å². The molecule has 3 N–H and O–H groups in total. The molecule has 1 rings (SSSR count). The van der Waals surface area contributed by atoms with Crippen LogP contribution in [0.5, 0.6) is 0 Å². The summed E-state index contributed by atoms with van der Waals surface area (Å²) in [4.78, 5) is 9.87. The summed E-state index contributed by atoms with van der Waals surface area (Å²) in [6, 6.07) is 4.27. The van der Waals surface area contributed by atoms with Gasteiger partial charge in [0.25, 0.3) is 5.69 Å². The fourth-order valence-electron chi connectivity index (χ4n) is 1.01. The highest BCUT2D eigenvalue weighted by molar-refractivity contribution is 5.96. The molecule has 0 fully saturated rings. The van der Waals surface area contributed by atoms with Crippen molar-refractivity contribution in [1.82, 2.24) is 0 Å². The Bertz CT molecular complexity index is 379. The number of benzene rings is 1. The van der Waals surface area contributed by atoms with Gasteiger partial charge in [-0.25, -0.2) is 0 Å². The van der Waals surface area contributed by atoms with Crippen molar-refractivity contribution in [2.75, 3.05) is 0 Å². The summed E-state index contributed by atoms with van der Waals surface area (Å²) >= 11 is 0. The molecule has 0 radical (unpaired) electrons. The molecule has 0 heterocycles. The Morgan fingerprint density at radius 3 is 2.57 bits per heavy atom. The minimum Gasteiger partial charge on any atom is -0.384 e. The van der Waals surface area contributed by atoms with Crippen LogP contribution in [0.4, 0.5) is 5.69 Å². The highest BCUT2D eigenvalue weighted by Crippen LogP contribution is 2.16. The average molecular weight is 216 g/mol. The van der Waals surface area contributed by atoms with Gasteiger partial charge in [-0.1, -0.05) is 6.07 Å². The molecule has 0 aliphatic carbocycles.